The van der Waals surface area contributed by atoms with Crippen LogP contribution in [0, 0.1) is 0 Å². The van der Waals surface area contributed by atoms with E-state index in [1.165, 1.54) is 0 Å². The molecule has 1 rings (SSSR count). The van der Waals surface area contributed by atoms with Gasteiger partial charge in [-0.25, -0.2) is 0 Å². The van der Waals surface area contributed by atoms with Crippen molar-refractivity contribution in [3.8, 4) is 0 Å². The first-order valence-corrected chi connectivity index (χ1v) is 5.20. The number of hydrogen-bond donors (Lipinski definition) is 1. The monoisotopic (exact) mass is 207 g/mol. The molecular weight excluding hydrogens is 190 g/mol. The van der Waals surface area contributed by atoms with E-state index in [0.717, 1.165) is 12.2 Å². The molecule has 0 fully saturated rings. The molecule has 4 heteroatoms. The average Bonchev–Trinajstić information content (AvgIpc) is 2.29. The fourth-order valence-electron chi connectivity index (χ4n) is 1.35. The van der Waals surface area contributed by atoms with Crippen LogP contribution < -0.4 is 10.2 Å². The number of pyridine rings is 1. The molecule has 1 N–H and O–H groups in total. The van der Waals surface area contributed by atoms with Crippen LogP contribution in [0.3, 0.4) is 0 Å². The Labute approximate surface area is 90.3 Å². The third-order valence-electron chi connectivity index (χ3n) is 2.12. The molecular formula is C11H17N3O. The molecule has 1 amide bonds. The third kappa shape index (κ3) is 3.32. The minimum Gasteiger partial charge on any atom is -0.311 e. The number of nitrogens with zero attached hydrogens (tertiary/aromatic N) is 2. The van der Waals surface area contributed by atoms with Crippen LogP contribution in [-0.2, 0) is 4.79 Å². The number of nitrogens with one attached hydrogen (secondary N) is 1. The molecule has 4 nitrogen and oxygen atoms in total. The fourth-order valence-corrected chi connectivity index (χ4v) is 1.35. The Bertz CT molecular complexity index is 300. The molecule has 0 spiro atoms. The highest BCUT2D eigenvalue weighted by Gasteiger charge is 2.12. The summed E-state index contributed by atoms with van der Waals surface area (Å²) in [6.07, 6.45) is 3.39. The van der Waals surface area contributed by atoms with E-state index in [1.54, 1.807) is 17.3 Å². The van der Waals surface area contributed by atoms with Crippen LogP contribution in [0.2, 0.25) is 0 Å². The van der Waals surface area contributed by atoms with E-state index in [4.69, 9.17) is 0 Å². The van der Waals surface area contributed by atoms with Gasteiger partial charge in [0.15, 0.2) is 0 Å². The fraction of sp³-hybridized carbons (Fsp3) is 0.455. The predicted molar refractivity (Wildman–Crippen MR) is 60.8 cm³/mol. The van der Waals surface area contributed by atoms with Gasteiger partial charge in [-0.3, -0.25) is 9.78 Å². The molecule has 0 unspecified atom stereocenters. The van der Waals surface area contributed by atoms with E-state index in [2.05, 4.69) is 10.3 Å². The summed E-state index contributed by atoms with van der Waals surface area (Å²) in [4.78, 5) is 17.4. The summed E-state index contributed by atoms with van der Waals surface area (Å²) >= 11 is 0. The molecule has 0 aromatic carbocycles. The van der Waals surface area contributed by atoms with Gasteiger partial charge in [-0.1, -0.05) is 6.92 Å². The molecule has 0 aliphatic rings. The van der Waals surface area contributed by atoms with E-state index < -0.39 is 0 Å². The number of carbonyl (C=O) groups is 1. The van der Waals surface area contributed by atoms with Crippen molar-refractivity contribution in [3.05, 3.63) is 24.5 Å². The van der Waals surface area contributed by atoms with Crippen LogP contribution >= 0.6 is 0 Å². The van der Waals surface area contributed by atoms with E-state index in [9.17, 15) is 4.79 Å². The Hall–Kier alpha value is -1.42. The van der Waals surface area contributed by atoms with Crippen molar-refractivity contribution in [3.63, 3.8) is 0 Å². The van der Waals surface area contributed by atoms with Gasteiger partial charge in [0.1, 0.15) is 0 Å². The highest BCUT2D eigenvalue weighted by molar-refractivity contribution is 5.94. The zero-order chi connectivity index (χ0) is 11.1. The Morgan fingerprint density at radius 3 is 2.60 bits per heavy atom. The van der Waals surface area contributed by atoms with E-state index in [1.807, 2.05) is 26.0 Å². The van der Waals surface area contributed by atoms with Gasteiger partial charge < -0.3 is 10.2 Å². The standard InChI is InChI=1S/C11H17N3O/c1-3-12-9-11(15)14(4-2)10-5-7-13-8-6-10/h5-8,12H,3-4,9H2,1-2H3. The van der Waals surface area contributed by atoms with E-state index in [0.29, 0.717) is 13.1 Å². The maximum atomic E-state index is 11.8. The molecule has 1 aromatic rings. The van der Waals surface area contributed by atoms with Crippen LogP contribution in [0.1, 0.15) is 13.8 Å². The average molecular weight is 207 g/mol. The van der Waals surface area contributed by atoms with Gasteiger partial charge in [0, 0.05) is 24.6 Å². The molecule has 0 saturated carbocycles. The number of hydrogen-bond acceptors (Lipinski definition) is 3. The molecule has 0 bridgehead atoms. The first kappa shape index (κ1) is 11.7. The van der Waals surface area contributed by atoms with E-state index >= 15 is 0 Å². The number of likely N-dealkylation sites (N-methyl/N-ethyl adjacent to an activating group) is 2. The lowest BCUT2D eigenvalue weighted by molar-refractivity contribution is -0.117. The lowest BCUT2D eigenvalue weighted by Gasteiger charge is -2.20. The molecule has 1 aromatic heterocycles. The Morgan fingerprint density at radius 1 is 1.40 bits per heavy atom. The van der Waals surface area contributed by atoms with Gasteiger partial charge in [-0.2, -0.15) is 0 Å². The van der Waals surface area contributed by atoms with Gasteiger partial charge >= 0.3 is 0 Å². The van der Waals surface area contributed by atoms with Crippen molar-refractivity contribution in [1.82, 2.24) is 10.3 Å². The van der Waals surface area contributed by atoms with Crippen LogP contribution in [0.25, 0.3) is 0 Å². The van der Waals surface area contributed by atoms with Crippen molar-refractivity contribution in [2.24, 2.45) is 0 Å². The Balaban J connectivity index is 2.67. The smallest absolute Gasteiger partial charge is 0.240 e. The molecule has 0 aliphatic heterocycles. The summed E-state index contributed by atoms with van der Waals surface area (Å²) in [5.74, 6) is 0.0885. The minimum atomic E-state index is 0.0885. The summed E-state index contributed by atoms with van der Waals surface area (Å²) in [6, 6.07) is 3.68. The number of rotatable bonds is 5. The third-order valence-corrected chi connectivity index (χ3v) is 2.12. The van der Waals surface area contributed by atoms with Gasteiger partial charge in [0.05, 0.1) is 6.54 Å². The van der Waals surface area contributed by atoms with Crippen LogP contribution in [0.15, 0.2) is 24.5 Å². The quantitative estimate of drug-likeness (QED) is 0.784. The molecule has 0 aliphatic carbocycles. The second-order valence-electron chi connectivity index (χ2n) is 3.12. The van der Waals surface area contributed by atoms with Crippen LogP contribution in [0.4, 0.5) is 5.69 Å². The number of aromatic nitrogens is 1. The van der Waals surface area contributed by atoms with Gasteiger partial charge in [-0.15, -0.1) is 0 Å². The van der Waals surface area contributed by atoms with Crippen molar-refractivity contribution < 1.29 is 4.79 Å². The maximum absolute atomic E-state index is 11.8. The zero-order valence-corrected chi connectivity index (χ0v) is 9.23. The summed E-state index contributed by atoms with van der Waals surface area (Å²) in [7, 11) is 0. The highest BCUT2D eigenvalue weighted by atomic mass is 16.2. The number of amides is 1. The first-order chi connectivity index (χ1) is 7.29. The number of anilines is 1. The highest BCUT2D eigenvalue weighted by Crippen LogP contribution is 2.11. The summed E-state index contributed by atoms with van der Waals surface area (Å²) in [5.41, 5.74) is 0.899. The SMILES string of the molecule is CCNCC(=O)N(CC)c1ccncc1. The van der Waals surface area contributed by atoms with Crippen molar-refractivity contribution in [1.29, 1.82) is 0 Å². The van der Waals surface area contributed by atoms with E-state index in [-0.39, 0.29) is 5.91 Å². The largest absolute Gasteiger partial charge is 0.311 e. The second-order valence-corrected chi connectivity index (χ2v) is 3.12. The molecule has 82 valence electrons. The molecule has 15 heavy (non-hydrogen) atoms. The van der Waals surface area contributed by atoms with Gasteiger partial charge in [0.2, 0.25) is 5.91 Å². The normalized spacial score (nSPS) is 10.0. The van der Waals surface area contributed by atoms with Crippen LogP contribution in [0.5, 0.6) is 0 Å². The molecule has 1 heterocycles. The zero-order valence-electron chi connectivity index (χ0n) is 9.23. The van der Waals surface area contributed by atoms with Crippen molar-refractivity contribution >= 4 is 11.6 Å². The topological polar surface area (TPSA) is 45.2 Å². The minimum absolute atomic E-state index is 0.0885. The van der Waals surface area contributed by atoms with Crippen molar-refractivity contribution in [2.75, 3.05) is 24.5 Å². The van der Waals surface area contributed by atoms with Gasteiger partial charge in [0.25, 0.3) is 0 Å². The maximum Gasteiger partial charge on any atom is 0.240 e. The molecule has 0 radical (unpaired) electrons. The lowest BCUT2D eigenvalue weighted by Crippen LogP contribution is -2.38. The summed E-state index contributed by atoms with van der Waals surface area (Å²) in [6.45, 7) is 5.81. The molecule has 0 saturated heterocycles. The Kier molecular flexibility index (Phi) is 4.77. The summed E-state index contributed by atoms with van der Waals surface area (Å²) < 4.78 is 0. The lowest BCUT2D eigenvalue weighted by atomic mass is 10.3. The first-order valence-electron chi connectivity index (χ1n) is 5.20. The summed E-state index contributed by atoms with van der Waals surface area (Å²) in [5, 5.41) is 3.03. The molecule has 0 atom stereocenters. The van der Waals surface area contributed by atoms with Crippen LogP contribution in [-0.4, -0.2) is 30.5 Å². The van der Waals surface area contributed by atoms with Crippen molar-refractivity contribution in [2.45, 2.75) is 13.8 Å². The second kappa shape index (κ2) is 6.14. The van der Waals surface area contributed by atoms with Gasteiger partial charge in [-0.05, 0) is 25.6 Å². The predicted octanol–water partition coefficient (Wildman–Crippen LogP) is 1.04. The number of carbonyl (C=O) groups excluding carboxylic acids is 1. The Morgan fingerprint density at radius 2 is 2.07 bits per heavy atom.